The summed E-state index contributed by atoms with van der Waals surface area (Å²) < 4.78 is 36.1. The summed E-state index contributed by atoms with van der Waals surface area (Å²) in [6.45, 7) is 5.97. The van der Waals surface area contributed by atoms with Crippen molar-refractivity contribution in [1.82, 2.24) is 0 Å². The number of rotatable bonds is 4. The molecule has 0 radical (unpaired) electrons. The minimum absolute atomic E-state index is 0.0643. The molecular weight excluding hydrogens is 239 g/mol. The number of esters is 1. The highest BCUT2D eigenvalue weighted by Crippen LogP contribution is 2.08. The Morgan fingerprint density at radius 2 is 1.82 bits per heavy atom. The van der Waals surface area contributed by atoms with Crippen LogP contribution >= 0.6 is 0 Å². The lowest BCUT2D eigenvalue weighted by atomic mass is 10.0. The Hall–Kier alpha value is -1.11. The summed E-state index contributed by atoms with van der Waals surface area (Å²) in [5, 5.41) is 0. The van der Waals surface area contributed by atoms with E-state index in [1.165, 1.54) is 0 Å². The minimum atomic E-state index is -4.64. The molecule has 7 heteroatoms. The summed E-state index contributed by atoms with van der Waals surface area (Å²) >= 11 is 0. The van der Waals surface area contributed by atoms with Crippen molar-refractivity contribution in [1.29, 1.82) is 0 Å². The normalized spacial score (nSPS) is 14.1. The minimum Gasteiger partial charge on any atom is -0.466 e. The maximum Gasteiger partial charge on any atom is 0.446 e. The molecule has 2 atom stereocenters. The van der Waals surface area contributed by atoms with Crippen LogP contribution < -0.4 is 5.73 Å². The SMILES string of the molecule is CCOC(=O)[C@H](C)C[C@@H](C)N.O=CC(F)(F)F. The predicted octanol–water partition coefficient (Wildman–Crippen LogP) is 1.67. The van der Waals surface area contributed by atoms with Crippen molar-refractivity contribution in [2.75, 3.05) is 6.61 Å². The van der Waals surface area contributed by atoms with Crippen LogP contribution in [0.25, 0.3) is 0 Å². The Kier molecular flexibility index (Phi) is 9.64. The molecule has 0 saturated carbocycles. The lowest BCUT2D eigenvalue weighted by molar-refractivity contribution is -0.156. The summed E-state index contributed by atoms with van der Waals surface area (Å²) in [5.74, 6) is -0.222. The van der Waals surface area contributed by atoms with Gasteiger partial charge >= 0.3 is 12.1 Å². The second kappa shape index (κ2) is 8.98. The van der Waals surface area contributed by atoms with Gasteiger partial charge in [-0.05, 0) is 20.3 Å². The average Bonchev–Trinajstić information content (AvgIpc) is 2.17. The smallest absolute Gasteiger partial charge is 0.446 e. The molecule has 17 heavy (non-hydrogen) atoms. The molecule has 2 N–H and O–H groups in total. The van der Waals surface area contributed by atoms with Gasteiger partial charge < -0.3 is 10.5 Å². The van der Waals surface area contributed by atoms with Gasteiger partial charge in [0.2, 0.25) is 6.29 Å². The number of carbonyl (C=O) groups is 2. The molecule has 0 saturated heterocycles. The van der Waals surface area contributed by atoms with E-state index >= 15 is 0 Å². The van der Waals surface area contributed by atoms with Crippen LogP contribution in [0.15, 0.2) is 0 Å². The zero-order chi connectivity index (χ0) is 14.1. The number of ether oxygens (including phenoxy) is 1. The van der Waals surface area contributed by atoms with Crippen LogP contribution in [0.5, 0.6) is 0 Å². The molecule has 0 aromatic carbocycles. The first-order chi connectivity index (χ1) is 7.64. The summed E-state index contributed by atoms with van der Waals surface area (Å²) in [5.41, 5.74) is 5.52. The number of hydrogen-bond acceptors (Lipinski definition) is 4. The van der Waals surface area contributed by atoms with E-state index in [0.29, 0.717) is 13.0 Å². The number of aldehydes is 1. The van der Waals surface area contributed by atoms with Crippen LogP contribution in [0.3, 0.4) is 0 Å². The second-order valence-electron chi connectivity index (χ2n) is 3.53. The topological polar surface area (TPSA) is 69.4 Å². The highest BCUT2D eigenvalue weighted by Gasteiger charge is 2.24. The highest BCUT2D eigenvalue weighted by atomic mass is 19.4. The fraction of sp³-hybridized carbons (Fsp3) is 0.800. The number of nitrogens with two attached hydrogens (primary N) is 1. The number of halogens is 3. The molecule has 0 aromatic rings. The van der Waals surface area contributed by atoms with Gasteiger partial charge in [0.05, 0.1) is 12.5 Å². The molecule has 0 spiro atoms. The van der Waals surface area contributed by atoms with E-state index < -0.39 is 12.5 Å². The van der Waals surface area contributed by atoms with Crippen LogP contribution in [-0.2, 0) is 14.3 Å². The quantitative estimate of drug-likeness (QED) is 0.614. The van der Waals surface area contributed by atoms with Gasteiger partial charge in [0.25, 0.3) is 0 Å². The van der Waals surface area contributed by atoms with E-state index in [4.69, 9.17) is 15.3 Å². The Morgan fingerprint density at radius 1 is 1.41 bits per heavy atom. The van der Waals surface area contributed by atoms with E-state index in [1.54, 1.807) is 6.92 Å². The zero-order valence-corrected chi connectivity index (χ0v) is 10.1. The number of hydrogen-bond donors (Lipinski definition) is 1. The summed E-state index contributed by atoms with van der Waals surface area (Å²) in [7, 11) is 0. The van der Waals surface area contributed by atoms with Crippen molar-refractivity contribution < 1.29 is 27.5 Å². The average molecular weight is 257 g/mol. The third-order valence-corrected chi connectivity index (χ3v) is 1.55. The van der Waals surface area contributed by atoms with Crippen molar-refractivity contribution in [2.45, 2.75) is 39.4 Å². The van der Waals surface area contributed by atoms with E-state index in [2.05, 4.69) is 0 Å². The van der Waals surface area contributed by atoms with Gasteiger partial charge in [-0.25, -0.2) is 0 Å². The molecule has 0 aliphatic heterocycles. The molecule has 0 aromatic heterocycles. The molecule has 4 nitrogen and oxygen atoms in total. The van der Waals surface area contributed by atoms with Crippen molar-refractivity contribution in [3.8, 4) is 0 Å². The lowest BCUT2D eigenvalue weighted by Gasteiger charge is -2.11. The first kappa shape index (κ1) is 18.3. The van der Waals surface area contributed by atoms with Crippen molar-refractivity contribution in [3.63, 3.8) is 0 Å². The predicted molar refractivity (Wildman–Crippen MR) is 56.2 cm³/mol. The molecule has 0 aliphatic rings. The Labute approximate surface area is 98.3 Å². The number of alkyl halides is 3. The summed E-state index contributed by atoms with van der Waals surface area (Å²) in [6.07, 6.45) is -5.01. The molecular formula is C10H18F3NO3. The van der Waals surface area contributed by atoms with Crippen molar-refractivity contribution in [2.24, 2.45) is 11.7 Å². The molecule has 0 amide bonds. The maximum atomic E-state index is 11.0. The largest absolute Gasteiger partial charge is 0.466 e. The number of carbonyl (C=O) groups excluding carboxylic acids is 2. The van der Waals surface area contributed by atoms with E-state index in [9.17, 15) is 18.0 Å². The van der Waals surface area contributed by atoms with E-state index in [-0.39, 0.29) is 17.9 Å². The van der Waals surface area contributed by atoms with Crippen LogP contribution in [0.2, 0.25) is 0 Å². The molecule has 0 unspecified atom stereocenters. The van der Waals surface area contributed by atoms with E-state index in [1.807, 2.05) is 13.8 Å². The third kappa shape index (κ3) is 14.9. The monoisotopic (exact) mass is 257 g/mol. The summed E-state index contributed by atoms with van der Waals surface area (Å²) in [6, 6.07) is 0.0643. The molecule has 0 heterocycles. The maximum absolute atomic E-state index is 11.0. The Morgan fingerprint density at radius 3 is 2.06 bits per heavy atom. The van der Waals surface area contributed by atoms with Crippen LogP contribution in [0, 0.1) is 5.92 Å². The Balaban J connectivity index is 0. The van der Waals surface area contributed by atoms with Gasteiger partial charge in [0.1, 0.15) is 0 Å². The van der Waals surface area contributed by atoms with Gasteiger partial charge in [-0.2, -0.15) is 13.2 Å². The van der Waals surface area contributed by atoms with Crippen LogP contribution in [0.1, 0.15) is 27.2 Å². The zero-order valence-electron chi connectivity index (χ0n) is 10.1. The molecule has 102 valence electrons. The third-order valence-electron chi connectivity index (χ3n) is 1.55. The van der Waals surface area contributed by atoms with Gasteiger partial charge in [-0.15, -0.1) is 0 Å². The molecule has 0 bridgehead atoms. The van der Waals surface area contributed by atoms with E-state index in [0.717, 1.165) is 0 Å². The second-order valence-corrected chi connectivity index (χ2v) is 3.53. The standard InChI is InChI=1S/C8H17NO2.C2HF3O/c1-4-11-8(10)6(2)5-7(3)9;3-2(4,5)1-6/h6-7H,4-5,9H2,1-3H3;1H/t6-,7-;/m1./s1. The molecule has 0 fully saturated rings. The fourth-order valence-electron chi connectivity index (χ4n) is 0.938. The first-order valence-electron chi connectivity index (χ1n) is 5.09. The van der Waals surface area contributed by atoms with Gasteiger partial charge in [0.15, 0.2) is 0 Å². The highest BCUT2D eigenvalue weighted by molar-refractivity contribution is 5.71. The van der Waals surface area contributed by atoms with Gasteiger partial charge in [0, 0.05) is 6.04 Å². The van der Waals surface area contributed by atoms with Gasteiger partial charge in [-0.1, -0.05) is 6.92 Å². The van der Waals surface area contributed by atoms with Crippen molar-refractivity contribution in [3.05, 3.63) is 0 Å². The van der Waals surface area contributed by atoms with Crippen LogP contribution in [0.4, 0.5) is 13.2 Å². The fourth-order valence-corrected chi connectivity index (χ4v) is 0.938. The lowest BCUT2D eigenvalue weighted by Crippen LogP contribution is -2.24. The van der Waals surface area contributed by atoms with Gasteiger partial charge in [-0.3, -0.25) is 9.59 Å². The first-order valence-corrected chi connectivity index (χ1v) is 5.09. The Bertz CT molecular complexity index is 229. The van der Waals surface area contributed by atoms with Crippen molar-refractivity contribution >= 4 is 12.3 Å². The van der Waals surface area contributed by atoms with Crippen LogP contribution in [-0.4, -0.2) is 31.1 Å². The molecule has 0 aliphatic carbocycles. The summed E-state index contributed by atoms with van der Waals surface area (Å²) in [4.78, 5) is 19.7. The molecule has 0 rings (SSSR count).